The van der Waals surface area contributed by atoms with Crippen molar-refractivity contribution >= 4 is 0 Å². The van der Waals surface area contributed by atoms with Gasteiger partial charge in [-0.1, -0.05) is 13.8 Å². The highest BCUT2D eigenvalue weighted by Crippen LogP contribution is 2.29. The van der Waals surface area contributed by atoms with Gasteiger partial charge in [0.25, 0.3) is 0 Å². The van der Waals surface area contributed by atoms with Gasteiger partial charge in [-0.05, 0) is 63.6 Å². The molecular weight excluding hydrogens is 186 g/mol. The molecule has 90 valence electrons. The van der Waals surface area contributed by atoms with E-state index >= 15 is 0 Å². The van der Waals surface area contributed by atoms with Gasteiger partial charge in [0.2, 0.25) is 0 Å². The van der Waals surface area contributed by atoms with Crippen molar-refractivity contribution in [2.75, 3.05) is 26.2 Å². The molecule has 1 heterocycles. The average molecular weight is 213 g/mol. The van der Waals surface area contributed by atoms with Crippen LogP contribution in [0.25, 0.3) is 0 Å². The van der Waals surface area contributed by atoms with Crippen LogP contribution in [0.15, 0.2) is 0 Å². The topological polar surface area (TPSA) is 23.5 Å². The van der Waals surface area contributed by atoms with Gasteiger partial charge in [0.15, 0.2) is 0 Å². The molecule has 1 aliphatic heterocycles. The van der Waals surface area contributed by atoms with Crippen LogP contribution in [0.4, 0.5) is 0 Å². The summed E-state index contributed by atoms with van der Waals surface area (Å²) in [6, 6.07) is 0. The Labute approximate surface area is 94.7 Å². The lowest BCUT2D eigenvalue weighted by Gasteiger charge is -2.23. The number of nitrogens with zero attached hydrogens (tertiary/aromatic N) is 1. The molecule has 0 aromatic heterocycles. The highest BCUT2D eigenvalue weighted by molar-refractivity contribution is 4.75. The summed E-state index contributed by atoms with van der Waals surface area (Å²) >= 11 is 0. The van der Waals surface area contributed by atoms with Crippen molar-refractivity contribution in [3.05, 3.63) is 0 Å². The fourth-order valence-electron chi connectivity index (χ4n) is 2.33. The van der Waals surface area contributed by atoms with Gasteiger partial charge in [-0.15, -0.1) is 0 Å². The predicted octanol–water partition coefficient (Wildman–Crippen LogP) is 2.66. The number of hydrogen-bond acceptors (Lipinski definition) is 2. The quantitative estimate of drug-likeness (QED) is 0.710. The number of hydrogen-bond donors (Lipinski definition) is 1. The zero-order valence-corrected chi connectivity index (χ0v) is 10.5. The average Bonchev–Trinajstić information content (AvgIpc) is 2.35. The first kappa shape index (κ1) is 13.0. The molecule has 0 aromatic carbocycles. The highest BCUT2D eigenvalue weighted by Gasteiger charge is 2.22. The van der Waals surface area contributed by atoms with Gasteiger partial charge < -0.3 is 10.0 Å². The van der Waals surface area contributed by atoms with Crippen molar-refractivity contribution in [3.8, 4) is 0 Å². The van der Waals surface area contributed by atoms with E-state index in [1.165, 1.54) is 51.7 Å². The minimum Gasteiger partial charge on any atom is -0.396 e. The van der Waals surface area contributed by atoms with Crippen molar-refractivity contribution in [3.63, 3.8) is 0 Å². The molecular formula is C13H27NO. The molecule has 0 spiro atoms. The Morgan fingerprint density at radius 3 is 2.60 bits per heavy atom. The Morgan fingerprint density at radius 1 is 1.07 bits per heavy atom. The van der Waals surface area contributed by atoms with Crippen LogP contribution in [0.1, 0.15) is 52.4 Å². The van der Waals surface area contributed by atoms with Crippen LogP contribution in [0, 0.1) is 5.41 Å². The second-order valence-corrected chi connectivity index (χ2v) is 5.64. The van der Waals surface area contributed by atoms with Crippen LogP contribution in [0.5, 0.6) is 0 Å². The largest absolute Gasteiger partial charge is 0.396 e. The highest BCUT2D eigenvalue weighted by atomic mass is 16.2. The Morgan fingerprint density at radius 2 is 1.87 bits per heavy atom. The molecule has 1 fully saturated rings. The van der Waals surface area contributed by atoms with E-state index in [1.54, 1.807) is 0 Å². The van der Waals surface area contributed by atoms with Crippen molar-refractivity contribution in [1.82, 2.24) is 4.90 Å². The molecule has 1 rings (SSSR count). The maximum absolute atomic E-state index is 8.70. The van der Waals surface area contributed by atoms with Gasteiger partial charge in [-0.2, -0.15) is 0 Å². The molecule has 15 heavy (non-hydrogen) atoms. The Kier molecular flexibility index (Phi) is 5.62. The zero-order valence-electron chi connectivity index (χ0n) is 10.5. The Hall–Kier alpha value is -0.0800. The maximum atomic E-state index is 8.70. The summed E-state index contributed by atoms with van der Waals surface area (Å²) in [6.07, 6.45) is 7.47. The second kappa shape index (κ2) is 6.49. The van der Waals surface area contributed by atoms with E-state index in [0.717, 1.165) is 6.42 Å². The lowest BCUT2D eigenvalue weighted by Crippen LogP contribution is -2.26. The van der Waals surface area contributed by atoms with E-state index < -0.39 is 0 Å². The van der Waals surface area contributed by atoms with Gasteiger partial charge in [-0.3, -0.25) is 0 Å². The van der Waals surface area contributed by atoms with Crippen LogP contribution in [-0.4, -0.2) is 36.2 Å². The van der Waals surface area contributed by atoms with E-state index in [1.807, 2.05) is 0 Å². The van der Waals surface area contributed by atoms with E-state index in [0.29, 0.717) is 12.0 Å². The van der Waals surface area contributed by atoms with Gasteiger partial charge in [0.1, 0.15) is 0 Å². The fourth-order valence-corrected chi connectivity index (χ4v) is 2.33. The first-order valence-corrected chi connectivity index (χ1v) is 6.47. The molecule has 0 atom stereocenters. The second-order valence-electron chi connectivity index (χ2n) is 5.64. The van der Waals surface area contributed by atoms with E-state index in [4.69, 9.17) is 5.11 Å². The molecule has 0 aromatic rings. The van der Waals surface area contributed by atoms with Crippen molar-refractivity contribution < 1.29 is 5.11 Å². The smallest absolute Gasteiger partial charge is 0.0431 e. The summed E-state index contributed by atoms with van der Waals surface area (Å²) in [4.78, 5) is 2.60. The molecule has 0 aliphatic carbocycles. The number of unbranched alkanes of at least 4 members (excludes halogenated alkanes) is 2. The van der Waals surface area contributed by atoms with Crippen molar-refractivity contribution in [2.45, 2.75) is 52.4 Å². The van der Waals surface area contributed by atoms with Crippen molar-refractivity contribution in [2.24, 2.45) is 5.41 Å². The summed E-state index contributed by atoms with van der Waals surface area (Å²) < 4.78 is 0. The predicted molar refractivity (Wildman–Crippen MR) is 65.0 cm³/mol. The van der Waals surface area contributed by atoms with E-state index in [9.17, 15) is 0 Å². The van der Waals surface area contributed by atoms with Crippen LogP contribution in [-0.2, 0) is 0 Å². The SMILES string of the molecule is CC1(C)CCCN(CCCCCO)CC1. The van der Waals surface area contributed by atoms with Gasteiger partial charge in [0.05, 0.1) is 0 Å². The first-order valence-electron chi connectivity index (χ1n) is 6.47. The number of aliphatic hydroxyl groups excluding tert-OH is 1. The molecule has 2 nitrogen and oxygen atoms in total. The monoisotopic (exact) mass is 213 g/mol. The minimum atomic E-state index is 0.354. The zero-order chi connectivity index (χ0) is 11.1. The van der Waals surface area contributed by atoms with Gasteiger partial charge >= 0.3 is 0 Å². The summed E-state index contributed by atoms with van der Waals surface area (Å²) in [5.74, 6) is 0. The molecule has 0 bridgehead atoms. The number of likely N-dealkylation sites (tertiary alicyclic amines) is 1. The van der Waals surface area contributed by atoms with Gasteiger partial charge in [0, 0.05) is 6.61 Å². The normalized spacial score (nSPS) is 22.6. The molecule has 0 radical (unpaired) electrons. The molecule has 2 heteroatoms. The third-order valence-electron chi connectivity index (χ3n) is 3.57. The standard InChI is InChI=1S/C13H27NO/c1-13(2)7-6-10-14(11-8-13)9-4-3-5-12-15/h15H,3-12H2,1-2H3. The molecule has 1 N–H and O–H groups in total. The first-order chi connectivity index (χ1) is 7.14. The summed E-state index contributed by atoms with van der Waals surface area (Å²) in [5, 5.41) is 8.70. The third-order valence-corrected chi connectivity index (χ3v) is 3.57. The van der Waals surface area contributed by atoms with Crippen LogP contribution in [0.2, 0.25) is 0 Å². The van der Waals surface area contributed by atoms with Crippen LogP contribution < -0.4 is 0 Å². The van der Waals surface area contributed by atoms with E-state index in [-0.39, 0.29) is 0 Å². The number of rotatable bonds is 5. The molecule has 0 unspecified atom stereocenters. The number of aliphatic hydroxyl groups is 1. The van der Waals surface area contributed by atoms with E-state index in [2.05, 4.69) is 18.7 Å². The third kappa shape index (κ3) is 5.53. The summed E-state index contributed by atoms with van der Waals surface area (Å²) in [6.45, 7) is 8.92. The molecule has 0 amide bonds. The molecule has 1 aliphatic rings. The molecule has 1 saturated heterocycles. The molecule has 0 saturated carbocycles. The van der Waals surface area contributed by atoms with Crippen LogP contribution >= 0.6 is 0 Å². The maximum Gasteiger partial charge on any atom is 0.0431 e. The Balaban J connectivity index is 2.14. The van der Waals surface area contributed by atoms with Crippen molar-refractivity contribution in [1.29, 1.82) is 0 Å². The minimum absolute atomic E-state index is 0.354. The Bertz CT molecular complexity index is 168. The lowest BCUT2D eigenvalue weighted by molar-refractivity contribution is 0.247. The van der Waals surface area contributed by atoms with Gasteiger partial charge in [-0.25, -0.2) is 0 Å². The summed E-state index contributed by atoms with van der Waals surface area (Å²) in [7, 11) is 0. The van der Waals surface area contributed by atoms with Crippen LogP contribution in [0.3, 0.4) is 0 Å². The fraction of sp³-hybridized carbons (Fsp3) is 1.00. The summed E-state index contributed by atoms with van der Waals surface area (Å²) in [5.41, 5.74) is 0.555. The lowest BCUT2D eigenvalue weighted by atomic mass is 9.85.